The van der Waals surface area contributed by atoms with Crippen LogP contribution in [-0.4, -0.2) is 27.3 Å². The first kappa shape index (κ1) is 31.0. The molecule has 0 unspecified atom stereocenters. The zero-order valence-corrected chi connectivity index (χ0v) is 19.6. The molecular weight excluding hydrogens is 522 g/mol. The van der Waals surface area contributed by atoms with Crippen LogP contribution in [0.2, 0.25) is 0 Å². The summed E-state index contributed by atoms with van der Waals surface area (Å²) in [6.07, 6.45) is -10.8. The molecule has 0 fully saturated rings. The SMILES string of the molecule is CC(C)Oc1c(N)cc([N+](=O)[O-])cc1C(F)(F)F.CC(C)Oc1c(NO)cc([N+](=O)[O-])cc1C(F)(F)F. The molecule has 0 aliphatic heterocycles. The third-order valence-electron chi connectivity index (χ3n) is 4.04. The Labute approximate surface area is 205 Å². The lowest BCUT2D eigenvalue weighted by Crippen LogP contribution is -2.15. The maximum Gasteiger partial charge on any atom is 0.420 e. The van der Waals surface area contributed by atoms with Crippen molar-refractivity contribution >= 4 is 22.7 Å². The van der Waals surface area contributed by atoms with E-state index in [9.17, 15) is 46.6 Å². The average Bonchev–Trinajstić information content (AvgIpc) is 2.72. The van der Waals surface area contributed by atoms with Crippen molar-refractivity contribution in [3.63, 3.8) is 0 Å². The van der Waals surface area contributed by atoms with E-state index in [2.05, 4.69) is 0 Å². The fourth-order valence-electron chi connectivity index (χ4n) is 2.69. The van der Waals surface area contributed by atoms with Crippen LogP contribution in [0.25, 0.3) is 0 Å². The van der Waals surface area contributed by atoms with Crippen molar-refractivity contribution in [1.82, 2.24) is 0 Å². The number of nitro benzene ring substituents is 2. The van der Waals surface area contributed by atoms with Crippen LogP contribution in [0, 0.1) is 20.2 Å². The average molecular weight is 544 g/mol. The van der Waals surface area contributed by atoms with E-state index in [0.717, 1.165) is 12.1 Å². The number of nitrogens with one attached hydrogen (secondary N) is 1. The highest BCUT2D eigenvalue weighted by Gasteiger charge is 2.39. The van der Waals surface area contributed by atoms with E-state index in [4.69, 9.17) is 20.4 Å². The van der Waals surface area contributed by atoms with Crippen molar-refractivity contribution in [1.29, 1.82) is 0 Å². The van der Waals surface area contributed by atoms with Gasteiger partial charge < -0.3 is 15.2 Å². The summed E-state index contributed by atoms with van der Waals surface area (Å²) in [4.78, 5) is 19.1. The van der Waals surface area contributed by atoms with Gasteiger partial charge in [0.15, 0.2) is 11.5 Å². The van der Waals surface area contributed by atoms with Gasteiger partial charge in [-0.25, -0.2) is 0 Å². The molecule has 0 aliphatic rings. The molecule has 0 heterocycles. The van der Waals surface area contributed by atoms with Gasteiger partial charge in [-0.05, 0) is 27.7 Å². The van der Waals surface area contributed by atoms with Gasteiger partial charge in [-0.2, -0.15) is 26.3 Å². The van der Waals surface area contributed by atoms with Crippen LogP contribution in [0.5, 0.6) is 11.5 Å². The van der Waals surface area contributed by atoms with Gasteiger partial charge >= 0.3 is 12.4 Å². The Kier molecular flexibility index (Phi) is 9.90. The molecule has 0 amide bonds. The minimum Gasteiger partial charge on any atom is -0.488 e. The molecule has 0 saturated heterocycles. The molecule has 206 valence electrons. The molecule has 0 saturated carbocycles. The van der Waals surface area contributed by atoms with E-state index >= 15 is 0 Å². The summed E-state index contributed by atoms with van der Waals surface area (Å²) >= 11 is 0. The summed E-state index contributed by atoms with van der Waals surface area (Å²) in [5.41, 5.74) is 1.82. The lowest BCUT2D eigenvalue weighted by molar-refractivity contribution is -0.385. The van der Waals surface area contributed by atoms with Crippen LogP contribution in [0.3, 0.4) is 0 Å². The molecule has 0 atom stereocenters. The van der Waals surface area contributed by atoms with Crippen LogP contribution in [0.15, 0.2) is 24.3 Å². The summed E-state index contributed by atoms with van der Waals surface area (Å²) in [7, 11) is 0. The number of nitrogens with zero attached hydrogens (tertiary/aromatic N) is 2. The number of anilines is 2. The van der Waals surface area contributed by atoms with E-state index in [1.807, 2.05) is 0 Å². The maximum absolute atomic E-state index is 12.8. The molecule has 17 heteroatoms. The molecule has 2 aromatic rings. The zero-order valence-electron chi connectivity index (χ0n) is 19.6. The van der Waals surface area contributed by atoms with Crippen molar-refractivity contribution in [2.45, 2.75) is 52.3 Å². The third-order valence-corrected chi connectivity index (χ3v) is 4.04. The smallest absolute Gasteiger partial charge is 0.420 e. The predicted molar refractivity (Wildman–Crippen MR) is 118 cm³/mol. The first-order valence-electron chi connectivity index (χ1n) is 10.1. The van der Waals surface area contributed by atoms with Crippen molar-refractivity contribution in [2.24, 2.45) is 0 Å². The number of hydrogen-bond acceptors (Lipinski definition) is 9. The molecule has 0 aromatic heterocycles. The van der Waals surface area contributed by atoms with E-state index in [-0.39, 0.29) is 0 Å². The Morgan fingerprint density at radius 2 is 1.19 bits per heavy atom. The van der Waals surface area contributed by atoms with Crippen molar-refractivity contribution < 1.29 is 50.9 Å². The number of non-ortho nitro benzene ring substituents is 2. The Morgan fingerprint density at radius 1 is 0.811 bits per heavy atom. The number of benzene rings is 2. The lowest BCUT2D eigenvalue weighted by Gasteiger charge is -2.18. The molecule has 2 aromatic carbocycles. The Bertz CT molecular complexity index is 1140. The quantitative estimate of drug-likeness (QED) is 0.160. The van der Waals surface area contributed by atoms with Gasteiger partial charge in [0.2, 0.25) is 0 Å². The summed E-state index contributed by atoms with van der Waals surface area (Å²) in [5, 5.41) is 29.9. The molecule has 37 heavy (non-hydrogen) atoms. The highest BCUT2D eigenvalue weighted by molar-refractivity contribution is 5.65. The summed E-state index contributed by atoms with van der Waals surface area (Å²) in [6, 6.07) is 2.37. The summed E-state index contributed by atoms with van der Waals surface area (Å²) in [5.74, 6) is -1.27. The fourth-order valence-corrected chi connectivity index (χ4v) is 2.69. The van der Waals surface area contributed by atoms with Crippen molar-refractivity contribution in [2.75, 3.05) is 11.2 Å². The topological polar surface area (TPSA) is 163 Å². The highest BCUT2D eigenvalue weighted by Crippen LogP contribution is 2.44. The van der Waals surface area contributed by atoms with Gasteiger partial charge in [-0.15, -0.1) is 0 Å². The number of halogens is 6. The largest absolute Gasteiger partial charge is 0.488 e. The van der Waals surface area contributed by atoms with Crippen molar-refractivity contribution in [3.8, 4) is 11.5 Å². The standard InChI is InChI=1S/C10H11F3N2O4.C10H11F3N2O3/c1-5(2)19-9-7(10(11,12)13)3-6(15(17)18)4-8(9)14-16;1-5(2)18-9-7(10(11,12)13)3-6(15(16)17)4-8(9)14/h3-5,14,16H,1-2H3;3-5H,14H2,1-2H3. The monoisotopic (exact) mass is 544 g/mol. The van der Waals surface area contributed by atoms with Crippen LogP contribution < -0.4 is 20.7 Å². The third kappa shape index (κ3) is 8.55. The second kappa shape index (κ2) is 11.8. The van der Waals surface area contributed by atoms with Crippen LogP contribution in [-0.2, 0) is 12.4 Å². The molecular formula is C20H22F6N4O7. The Balaban J connectivity index is 0.000000371. The highest BCUT2D eigenvalue weighted by atomic mass is 19.4. The van der Waals surface area contributed by atoms with E-state index in [1.165, 1.54) is 33.2 Å². The normalized spacial score (nSPS) is 11.6. The second-order valence-corrected chi connectivity index (χ2v) is 7.74. The first-order chi connectivity index (χ1) is 16.8. The van der Waals surface area contributed by atoms with Gasteiger partial charge in [0.25, 0.3) is 11.4 Å². The van der Waals surface area contributed by atoms with Gasteiger partial charge in [-0.3, -0.25) is 30.9 Å². The number of ether oxygens (including phenoxy) is 2. The van der Waals surface area contributed by atoms with Gasteiger partial charge in [0, 0.05) is 24.3 Å². The zero-order chi connectivity index (χ0) is 28.9. The number of nitrogens with two attached hydrogens (primary N) is 1. The van der Waals surface area contributed by atoms with E-state index < -0.39 is 79.8 Å². The fraction of sp³-hybridized carbons (Fsp3) is 0.400. The molecule has 0 bridgehead atoms. The number of hydrogen-bond donors (Lipinski definition) is 3. The van der Waals surface area contributed by atoms with Gasteiger partial charge in [0.05, 0.1) is 27.7 Å². The maximum atomic E-state index is 12.8. The van der Waals surface area contributed by atoms with Gasteiger partial charge in [-0.1, -0.05) is 0 Å². The molecule has 0 aliphatic carbocycles. The van der Waals surface area contributed by atoms with Gasteiger partial charge in [0.1, 0.15) is 16.8 Å². The number of alkyl halides is 6. The molecule has 0 spiro atoms. The summed E-state index contributed by atoms with van der Waals surface area (Å²) < 4.78 is 86.8. The Hall–Kier alpha value is -4.02. The minimum absolute atomic E-state index is 0.360. The summed E-state index contributed by atoms with van der Waals surface area (Å²) in [6.45, 7) is 6.04. The van der Waals surface area contributed by atoms with Crippen LogP contribution in [0.4, 0.5) is 49.1 Å². The second-order valence-electron chi connectivity index (χ2n) is 7.74. The number of nitrogen functional groups attached to an aromatic ring is 1. The first-order valence-corrected chi connectivity index (χ1v) is 10.1. The molecule has 11 nitrogen and oxygen atoms in total. The number of rotatable bonds is 7. The number of nitro groups is 2. The molecule has 0 radical (unpaired) electrons. The van der Waals surface area contributed by atoms with E-state index in [1.54, 1.807) is 0 Å². The molecule has 2 rings (SSSR count). The predicted octanol–water partition coefficient (Wildman–Crippen LogP) is 6.18. The molecule has 4 N–H and O–H groups in total. The minimum atomic E-state index is -4.85. The van der Waals surface area contributed by atoms with Crippen molar-refractivity contribution in [3.05, 3.63) is 55.6 Å². The van der Waals surface area contributed by atoms with Crippen LogP contribution >= 0.6 is 0 Å². The van der Waals surface area contributed by atoms with Crippen LogP contribution in [0.1, 0.15) is 38.8 Å². The van der Waals surface area contributed by atoms with E-state index in [0.29, 0.717) is 12.1 Å². The Morgan fingerprint density at radius 3 is 1.54 bits per heavy atom. The lowest BCUT2D eigenvalue weighted by atomic mass is 10.1.